The molecule has 1 unspecified atom stereocenters. The standard InChI is InChI=1S/C17H24ClN3O2/c1-4-5-9-21-15(13-7-6-8-14(18)10-13)11-19-16(21)20-17(22)23-12(2)3/h6-8,10,12,15H,4-5,9,11H2,1-3H3,(H,19,20,22). The van der Waals surface area contributed by atoms with Gasteiger partial charge in [0.05, 0.1) is 18.7 Å². The van der Waals surface area contributed by atoms with Crippen LogP contribution >= 0.6 is 11.6 Å². The normalized spacial score (nSPS) is 17.3. The van der Waals surface area contributed by atoms with Gasteiger partial charge in [0.1, 0.15) is 0 Å². The van der Waals surface area contributed by atoms with Crippen molar-refractivity contribution in [1.82, 2.24) is 10.2 Å². The Morgan fingerprint density at radius 1 is 1.52 bits per heavy atom. The van der Waals surface area contributed by atoms with Crippen LogP contribution in [0.5, 0.6) is 0 Å². The second-order valence-corrected chi connectivity index (χ2v) is 6.30. The second kappa shape index (κ2) is 8.20. The number of halogens is 1. The number of alkyl carbamates (subject to hydrolysis) is 1. The summed E-state index contributed by atoms with van der Waals surface area (Å²) in [4.78, 5) is 18.5. The maximum Gasteiger partial charge on any atom is 0.414 e. The van der Waals surface area contributed by atoms with Crippen LogP contribution in [0.25, 0.3) is 0 Å². The molecule has 1 N–H and O–H groups in total. The number of hydrogen-bond acceptors (Lipinski definition) is 4. The summed E-state index contributed by atoms with van der Waals surface area (Å²) in [6.45, 7) is 7.21. The third kappa shape index (κ3) is 4.86. The third-order valence-corrected chi connectivity index (χ3v) is 3.84. The molecule has 126 valence electrons. The van der Waals surface area contributed by atoms with E-state index in [4.69, 9.17) is 16.3 Å². The number of ether oxygens (including phenoxy) is 1. The van der Waals surface area contributed by atoms with Gasteiger partial charge in [0.2, 0.25) is 5.96 Å². The first-order chi connectivity index (χ1) is 11.0. The number of unbranched alkanes of at least 4 members (excludes halogenated alkanes) is 1. The summed E-state index contributed by atoms with van der Waals surface area (Å²) in [6.07, 6.45) is 1.47. The third-order valence-electron chi connectivity index (χ3n) is 3.60. The highest BCUT2D eigenvalue weighted by atomic mass is 35.5. The lowest BCUT2D eigenvalue weighted by Crippen LogP contribution is -2.43. The molecule has 0 aliphatic carbocycles. The van der Waals surface area contributed by atoms with Crippen LogP contribution in [-0.2, 0) is 4.74 Å². The molecule has 2 rings (SSSR count). The van der Waals surface area contributed by atoms with Crippen LogP contribution in [0.3, 0.4) is 0 Å². The summed E-state index contributed by atoms with van der Waals surface area (Å²) >= 11 is 6.11. The zero-order chi connectivity index (χ0) is 16.8. The van der Waals surface area contributed by atoms with E-state index in [1.165, 1.54) is 0 Å². The smallest absolute Gasteiger partial charge is 0.414 e. The average molecular weight is 338 g/mol. The van der Waals surface area contributed by atoms with Crippen molar-refractivity contribution in [3.8, 4) is 0 Å². The van der Waals surface area contributed by atoms with E-state index in [-0.39, 0.29) is 12.1 Å². The van der Waals surface area contributed by atoms with E-state index in [0.29, 0.717) is 17.5 Å². The van der Waals surface area contributed by atoms with E-state index in [1.54, 1.807) is 0 Å². The van der Waals surface area contributed by atoms with E-state index in [9.17, 15) is 4.79 Å². The molecule has 0 saturated carbocycles. The Morgan fingerprint density at radius 2 is 2.30 bits per heavy atom. The highest BCUT2D eigenvalue weighted by Gasteiger charge is 2.30. The topological polar surface area (TPSA) is 53.9 Å². The van der Waals surface area contributed by atoms with Crippen molar-refractivity contribution >= 4 is 23.7 Å². The Morgan fingerprint density at radius 3 is 2.96 bits per heavy atom. The highest BCUT2D eigenvalue weighted by molar-refractivity contribution is 6.30. The lowest BCUT2D eigenvalue weighted by Gasteiger charge is -2.28. The van der Waals surface area contributed by atoms with Crippen LogP contribution in [0.2, 0.25) is 5.02 Å². The molecule has 0 bridgehead atoms. The number of carbonyl (C=O) groups is 1. The first-order valence-corrected chi connectivity index (χ1v) is 8.43. The van der Waals surface area contributed by atoms with E-state index in [0.717, 1.165) is 24.9 Å². The average Bonchev–Trinajstić information content (AvgIpc) is 2.86. The van der Waals surface area contributed by atoms with Crippen molar-refractivity contribution in [1.29, 1.82) is 0 Å². The van der Waals surface area contributed by atoms with Crippen LogP contribution in [0.4, 0.5) is 4.79 Å². The Kier molecular flexibility index (Phi) is 6.28. The van der Waals surface area contributed by atoms with Crippen molar-refractivity contribution < 1.29 is 9.53 Å². The first kappa shape index (κ1) is 17.6. The Labute approximate surface area is 142 Å². The van der Waals surface area contributed by atoms with Gasteiger partial charge in [-0.15, -0.1) is 0 Å². The monoisotopic (exact) mass is 337 g/mol. The van der Waals surface area contributed by atoms with Gasteiger partial charge in [0.25, 0.3) is 0 Å². The van der Waals surface area contributed by atoms with Gasteiger partial charge >= 0.3 is 6.09 Å². The van der Waals surface area contributed by atoms with Gasteiger partial charge in [-0.25, -0.2) is 4.79 Å². The molecule has 0 aromatic heterocycles. The minimum Gasteiger partial charge on any atom is -0.447 e. The SMILES string of the molecule is CCCCN1C(NC(=O)OC(C)C)=NCC1c1cccc(Cl)c1. The van der Waals surface area contributed by atoms with Crippen molar-refractivity contribution in [2.45, 2.75) is 45.8 Å². The Hall–Kier alpha value is -1.75. The number of benzene rings is 1. The molecule has 1 aromatic carbocycles. The molecule has 0 radical (unpaired) electrons. The predicted molar refractivity (Wildman–Crippen MR) is 92.9 cm³/mol. The van der Waals surface area contributed by atoms with Crippen LogP contribution in [-0.4, -0.2) is 36.1 Å². The molecule has 1 amide bonds. The summed E-state index contributed by atoms with van der Waals surface area (Å²) in [5.74, 6) is 0.578. The fourth-order valence-electron chi connectivity index (χ4n) is 2.55. The minimum atomic E-state index is -0.466. The van der Waals surface area contributed by atoms with E-state index in [1.807, 2.05) is 38.1 Å². The van der Waals surface area contributed by atoms with Gasteiger partial charge in [-0.3, -0.25) is 10.3 Å². The lowest BCUT2D eigenvalue weighted by molar-refractivity contribution is 0.119. The van der Waals surface area contributed by atoms with Gasteiger partial charge < -0.3 is 9.64 Å². The van der Waals surface area contributed by atoms with Gasteiger partial charge in [0, 0.05) is 11.6 Å². The molecule has 0 saturated heterocycles. The summed E-state index contributed by atoms with van der Waals surface area (Å²) in [7, 11) is 0. The molecule has 1 aliphatic rings. The van der Waals surface area contributed by atoms with Crippen molar-refractivity contribution in [2.24, 2.45) is 4.99 Å². The molecule has 1 aliphatic heterocycles. The van der Waals surface area contributed by atoms with Crippen molar-refractivity contribution in [3.63, 3.8) is 0 Å². The van der Waals surface area contributed by atoms with E-state index in [2.05, 4.69) is 22.1 Å². The maximum absolute atomic E-state index is 11.9. The zero-order valence-electron chi connectivity index (χ0n) is 13.9. The number of rotatable bonds is 5. The van der Waals surface area contributed by atoms with E-state index < -0.39 is 6.09 Å². The van der Waals surface area contributed by atoms with Crippen LogP contribution in [0.1, 0.15) is 45.2 Å². The van der Waals surface area contributed by atoms with E-state index >= 15 is 0 Å². The van der Waals surface area contributed by atoms with Crippen molar-refractivity contribution in [2.75, 3.05) is 13.1 Å². The largest absolute Gasteiger partial charge is 0.447 e. The molecule has 5 nitrogen and oxygen atoms in total. The second-order valence-electron chi connectivity index (χ2n) is 5.86. The van der Waals surface area contributed by atoms with Gasteiger partial charge in [-0.1, -0.05) is 37.1 Å². The number of nitrogens with zero attached hydrogens (tertiary/aromatic N) is 2. The molecular formula is C17H24ClN3O2. The summed E-state index contributed by atoms with van der Waals surface area (Å²) in [5, 5.41) is 3.47. The maximum atomic E-state index is 11.9. The van der Waals surface area contributed by atoms with Crippen LogP contribution < -0.4 is 5.32 Å². The number of guanidine groups is 1. The molecule has 1 heterocycles. The van der Waals surface area contributed by atoms with Crippen LogP contribution in [0, 0.1) is 0 Å². The number of amides is 1. The number of aliphatic imine (C=N–C) groups is 1. The fraction of sp³-hybridized carbons (Fsp3) is 0.529. The van der Waals surface area contributed by atoms with Gasteiger partial charge in [-0.05, 0) is 38.0 Å². The number of hydrogen-bond donors (Lipinski definition) is 1. The van der Waals surface area contributed by atoms with Gasteiger partial charge in [0.15, 0.2) is 0 Å². The molecule has 1 aromatic rings. The predicted octanol–water partition coefficient (Wildman–Crippen LogP) is 3.99. The Balaban J connectivity index is 2.12. The molecule has 1 atom stereocenters. The lowest BCUT2D eigenvalue weighted by atomic mass is 10.1. The minimum absolute atomic E-state index is 0.0922. The van der Waals surface area contributed by atoms with Gasteiger partial charge in [-0.2, -0.15) is 0 Å². The van der Waals surface area contributed by atoms with Crippen molar-refractivity contribution in [3.05, 3.63) is 34.9 Å². The first-order valence-electron chi connectivity index (χ1n) is 8.05. The molecule has 0 fully saturated rings. The summed E-state index contributed by atoms with van der Waals surface area (Å²) in [5.41, 5.74) is 1.10. The molecule has 23 heavy (non-hydrogen) atoms. The quantitative estimate of drug-likeness (QED) is 0.884. The number of nitrogens with one attached hydrogen (secondary N) is 1. The zero-order valence-corrected chi connectivity index (χ0v) is 14.6. The highest BCUT2D eigenvalue weighted by Crippen LogP contribution is 2.28. The molecule has 0 spiro atoms. The summed E-state index contributed by atoms with van der Waals surface area (Å²) in [6, 6.07) is 7.88. The van der Waals surface area contributed by atoms with Crippen LogP contribution in [0.15, 0.2) is 29.3 Å². The molecular weight excluding hydrogens is 314 g/mol. The fourth-order valence-corrected chi connectivity index (χ4v) is 2.74. The molecule has 6 heteroatoms. The number of carbonyl (C=O) groups excluding carboxylic acids is 1. The Bertz CT molecular complexity index is 575. The summed E-state index contributed by atoms with van der Waals surface area (Å²) < 4.78 is 5.15.